The summed E-state index contributed by atoms with van der Waals surface area (Å²) < 4.78 is 17.5. The van der Waals surface area contributed by atoms with Gasteiger partial charge in [0.1, 0.15) is 17.3 Å². The van der Waals surface area contributed by atoms with Crippen LogP contribution in [0.3, 0.4) is 0 Å². The van der Waals surface area contributed by atoms with E-state index in [1.807, 2.05) is 59.0 Å². The first kappa shape index (κ1) is 26.8. The quantitative estimate of drug-likeness (QED) is 0.146. The summed E-state index contributed by atoms with van der Waals surface area (Å²) in [6.45, 7) is 0. The van der Waals surface area contributed by atoms with Gasteiger partial charge in [-0.15, -0.1) is 0 Å². The van der Waals surface area contributed by atoms with Crippen LogP contribution in [0.25, 0.3) is 76.9 Å². The zero-order valence-corrected chi connectivity index (χ0v) is 26.7. The minimum Gasteiger partial charge on any atom is -0.458 e. The Hall–Kier alpha value is -6.34. The number of rotatable bonds is 4. The van der Waals surface area contributed by atoms with Crippen LogP contribution in [0.5, 0.6) is 11.5 Å². The second-order valence-corrected chi connectivity index (χ2v) is 12.5. The number of para-hydroxylation sites is 2. The van der Waals surface area contributed by atoms with Crippen LogP contribution in [0.2, 0.25) is 0 Å². The highest BCUT2D eigenvalue weighted by Crippen LogP contribution is 2.48. The molecule has 0 radical (unpaired) electrons. The first-order valence-electron chi connectivity index (χ1n) is 16.1. The maximum absolute atomic E-state index is 6.58. The first-order valence-corrected chi connectivity index (χ1v) is 16.1. The Labute approximate surface area is 275 Å². The van der Waals surface area contributed by atoms with E-state index in [1.165, 1.54) is 49.0 Å². The van der Waals surface area contributed by atoms with Gasteiger partial charge in [-0.1, -0.05) is 54.6 Å². The average Bonchev–Trinajstić information content (AvgIpc) is 3.86. The highest BCUT2D eigenvalue weighted by molar-refractivity contribution is 6.40. The van der Waals surface area contributed by atoms with Gasteiger partial charge in [-0.05, 0) is 48.5 Å². The van der Waals surface area contributed by atoms with E-state index in [1.54, 1.807) is 0 Å². The summed E-state index contributed by atoms with van der Waals surface area (Å²) in [5, 5.41) is 7.39. The van der Waals surface area contributed by atoms with Crippen LogP contribution in [0.4, 0.5) is 0 Å². The van der Waals surface area contributed by atoms with E-state index in [0.717, 1.165) is 39.4 Å². The minimum atomic E-state index is 0.753. The number of benzene rings is 5. The molecule has 0 saturated carbocycles. The third-order valence-corrected chi connectivity index (χ3v) is 9.78. The third kappa shape index (κ3) is 3.64. The molecule has 10 aromatic rings. The molecule has 0 fully saturated rings. The molecule has 0 aliphatic rings. The molecular formula is C41H30N6O. The summed E-state index contributed by atoms with van der Waals surface area (Å²) in [6, 6.07) is 38.1. The van der Waals surface area contributed by atoms with E-state index in [9.17, 15) is 0 Å². The van der Waals surface area contributed by atoms with Crippen LogP contribution in [0, 0.1) is 6.33 Å². The number of ether oxygens (including phenoxy) is 1. The topological polar surface area (TPSA) is 45.7 Å². The van der Waals surface area contributed by atoms with E-state index >= 15 is 0 Å². The van der Waals surface area contributed by atoms with Gasteiger partial charge in [-0.2, -0.15) is 0 Å². The van der Waals surface area contributed by atoms with E-state index in [-0.39, 0.29) is 0 Å². The Morgan fingerprint density at radius 1 is 0.604 bits per heavy atom. The van der Waals surface area contributed by atoms with Gasteiger partial charge in [0.25, 0.3) is 0 Å². The predicted molar refractivity (Wildman–Crippen MR) is 192 cm³/mol. The van der Waals surface area contributed by atoms with Gasteiger partial charge < -0.3 is 23.0 Å². The van der Waals surface area contributed by atoms with Crippen molar-refractivity contribution < 1.29 is 9.30 Å². The van der Waals surface area contributed by atoms with E-state index in [4.69, 9.17) is 9.72 Å². The highest BCUT2D eigenvalue weighted by atomic mass is 16.5. The molecule has 5 aromatic heterocycles. The fourth-order valence-corrected chi connectivity index (χ4v) is 7.76. The molecule has 0 unspecified atom stereocenters. The molecule has 0 atom stereocenters. The Kier molecular flexibility index (Phi) is 5.50. The van der Waals surface area contributed by atoms with Gasteiger partial charge in [0.2, 0.25) is 6.33 Å². The van der Waals surface area contributed by atoms with Crippen LogP contribution >= 0.6 is 0 Å². The van der Waals surface area contributed by atoms with Crippen molar-refractivity contribution in [1.82, 2.24) is 23.3 Å². The van der Waals surface area contributed by atoms with Crippen LogP contribution < -0.4 is 9.30 Å². The summed E-state index contributed by atoms with van der Waals surface area (Å²) in [5.74, 6) is 2.37. The standard InChI is InChI=1S/C41H30N6O/c1-43-21-22-46(25-43)26-11-10-12-27(23-26)48-28-18-19-31-34(24-28)47(35-17-8-9-20-42-35)41-38(31)39-36(29-13-4-6-15-32(29)44(39)2)37-30-14-5-7-16-33(30)45(3)40(37)41/h4-24H,1-3H3. The number of aromatic nitrogens is 6. The number of fused-ring (bicyclic) bond motifs is 12. The van der Waals surface area contributed by atoms with E-state index < -0.39 is 0 Å². The maximum atomic E-state index is 6.58. The summed E-state index contributed by atoms with van der Waals surface area (Å²) >= 11 is 0. The number of pyridine rings is 1. The molecule has 0 bridgehead atoms. The summed E-state index contributed by atoms with van der Waals surface area (Å²) in [4.78, 5) is 4.92. The van der Waals surface area contributed by atoms with Crippen molar-refractivity contribution in [2.24, 2.45) is 21.1 Å². The normalized spacial score (nSPS) is 12.1. The van der Waals surface area contributed by atoms with Gasteiger partial charge >= 0.3 is 0 Å². The number of hydrogen-bond acceptors (Lipinski definition) is 2. The van der Waals surface area contributed by atoms with Crippen molar-refractivity contribution in [3.8, 4) is 23.0 Å². The van der Waals surface area contributed by atoms with Crippen molar-refractivity contribution in [3.63, 3.8) is 0 Å². The monoisotopic (exact) mass is 622 g/mol. The molecule has 5 aromatic carbocycles. The Balaban J connectivity index is 1.34. The van der Waals surface area contributed by atoms with Crippen LogP contribution in [0.1, 0.15) is 0 Å². The first-order chi connectivity index (χ1) is 23.6. The molecule has 48 heavy (non-hydrogen) atoms. The van der Waals surface area contributed by atoms with Crippen LogP contribution in [0.15, 0.2) is 128 Å². The SMILES string of the molecule is Cn1[c-][n+](-c2cccc(Oc3ccc4c5c6c(c7ccccc7n6C)c6c7ccccc7n(C)c6c5n(-c5ccccn5)c4c3)c2)cc1. The van der Waals surface area contributed by atoms with E-state index in [0.29, 0.717) is 0 Å². The largest absolute Gasteiger partial charge is 0.458 e. The van der Waals surface area contributed by atoms with E-state index in [2.05, 4.69) is 119 Å². The lowest BCUT2D eigenvalue weighted by Crippen LogP contribution is -2.27. The van der Waals surface area contributed by atoms with Crippen molar-refractivity contribution in [1.29, 1.82) is 0 Å². The fourth-order valence-electron chi connectivity index (χ4n) is 7.76. The Bertz CT molecular complexity index is 2900. The van der Waals surface area contributed by atoms with Gasteiger partial charge in [0.15, 0.2) is 0 Å². The molecule has 0 aliphatic carbocycles. The smallest absolute Gasteiger partial charge is 0.243 e. The van der Waals surface area contributed by atoms with Crippen molar-refractivity contribution in [3.05, 3.63) is 134 Å². The zero-order valence-electron chi connectivity index (χ0n) is 26.7. The lowest BCUT2D eigenvalue weighted by atomic mass is 10.0. The van der Waals surface area contributed by atoms with Crippen molar-refractivity contribution in [2.75, 3.05) is 0 Å². The molecule has 0 saturated heterocycles. The Morgan fingerprint density at radius 3 is 2.02 bits per heavy atom. The zero-order chi connectivity index (χ0) is 32.1. The molecule has 0 N–H and O–H groups in total. The number of aryl methyl sites for hydroxylation is 3. The van der Waals surface area contributed by atoms with Crippen LogP contribution in [-0.2, 0) is 21.1 Å². The van der Waals surface area contributed by atoms with Crippen molar-refractivity contribution >= 4 is 65.4 Å². The second-order valence-electron chi connectivity index (χ2n) is 12.5. The molecule has 5 heterocycles. The lowest BCUT2D eigenvalue weighted by Gasteiger charge is -2.11. The molecule has 7 heteroatoms. The average molecular weight is 623 g/mol. The highest BCUT2D eigenvalue weighted by Gasteiger charge is 2.27. The number of imidazole rings is 1. The molecule has 10 rings (SSSR count). The van der Waals surface area contributed by atoms with Gasteiger partial charge in [-0.25, -0.2) is 4.98 Å². The molecule has 0 spiro atoms. The molecule has 230 valence electrons. The predicted octanol–water partition coefficient (Wildman–Crippen LogP) is 8.68. The lowest BCUT2D eigenvalue weighted by molar-refractivity contribution is -0.599. The number of nitrogens with zero attached hydrogens (tertiary/aromatic N) is 6. The van der Waals surface area contributed by atoms with Gasteiger partial charge in [0.05, 0.1) is 34.8 Å². The molecule has 0 aliphatic heterocycles. The van der Waals surface area contributed by atoms with Crippen molar-refractivity contribution in [2.45, 2.75) is 0 Å². The Morgan fingerprint density at radius 2 is 1.29 bits per heavy atom. The summed E-state index contributed by atoms with van der Waals surface area (Å²) in [6.07, 6.45) is 9.09. The molecular weight excluding hydrogens is 592 g/mol. The summed E-state index contributed by atoms with van der Waals surface area (Å²) in [7, 11) is 6.34. The minimum absolute atomic E-state index is 0.753. The second kappa shape index (κ2) is 9.83. The number of hydrogen-bond donors (Lipinski definition) is 0. The van der Waals surface area contributed by atoms with Crippen LogP contribution in [-0.4, -0.2) is 23.3 Å². The maximum Gasteiger partial charge on any atom is 0.243 e. The third-order valence-electron chi connectivity index (χ3n) is 9.78. The molecule has 0 amide bonds. The molecule has 7 nitrogen and oxygen atoms in total. The fraction of sp³-hybridized carbons (Fsp3) is 0.0732. The summed E-state index contributed by atoms with van der Waals surface area (Å²) in [5.41, 5.74) is 7.95. The van der Waals surface area contributed by atoms with Gasteiger partial charge in [0, 0.05) is 82.1 Å². The van der Waals surface area contributed by atoms with Gasteiger partial charge in [-0.3, -0.25) is 4.57 Å².